The fourth-order valence-electron chi connectivity index (χ4n) is 2.34. The molecule has 0 bridgehead atoms. The van der Waals surface area contributed by atoms with Crippen molar-refractivity contribution in [2.45, 2.75) is 26.8 Å². The number of hydrogen-bond acceptors (Lipinski definition) is 6. The van der Waals surface area contributed by atoms with E-state index in [0.717, 1.165) is 0 Å². The maximum absolute atomic E-state index is 12.3. The molecule has 0 fully saturated rings. The number of carbonyl (C=O) groups excluding carboxylic acids is 3. The Labute approximate surface area is 168 Å². The monoisotopic (exact) mass is 404 g/mol. The lowest BCUT2D eigenvalue weighted by Crippen LogP contribution is -2.45. The van der Waals surface area contributed by atoms with Crippen LogP contribution in [0, 0.1) is 5.92 Å². The van der Waals surface area contributed by atoms with Crippen molar-refractivity contribution in [3.63, 3.8) is 0 Å². The molecule has 0 aliphatic carbocycles. The molecule has 0 radical (unpaired) electrons. The second kappa shape index (κ2) is 10.5. The van der Waals surface area contributed by atoms with Crippen molar-refractivity contribution in [3.05, 3.63) is 46.7 Å². The number of hydrogen-bond donors (Lipinski definition) is 2. The van der Waals surface area contributed by atoms with Crippen LogP contribution in [0.2, 0.25) is 0 Å². The van der Waals surface area contributed by atoms with Gasteiger partial charge in [-0.2, -0.15) is 0 Å². The molecule has 7 nitrogen and oxygen atoms in total. The number of esters is 1. The number of thiophene rings is 1. The summed E-state index contributed by atoms with van der Waals surface area (Å²) in [4.78, 5) is 37.0. The third-order valence-electron chi connectivity index (χ3n) is 3.75. The quantitative estimate of drug-likeness (QED) is 0.627. The van der Waals surface area contributed by atoms with E-state index in [1.807, 2.05) is 6.92 Å². The number of amides is 2. The highest BCUT2D eigenvalue weighted by atomic mass is 32.1. The fraction of sp³-hybridized carbons (Fsp3) is 0.350. The Morgan fingerprint density at radius 2 is 1.82 bits per heavy atom. The van der Waals surface area contributed by atoms with Crippen molar-refractivity contribution in [2.75, 3.05) is 18.5 Å². The summed E-state index contributed by atoms with van der Waals surface area (Å²) in [5.41, 5.74) is 0.566. The van der Waals surface area contributed by atoms with E-state index in [2.05, 4.69) is 10.6 Å². The largest absolute Gasteiger partial charge is 0.494 e. The van der Waals surface area contributed by atoms with Crippen LogP contribution < -0.4 is 15.4 Å². The summed E-state index contributed by atoms with van der Waals surface area (Å²) < 4.78 is 10.4. The Kier molecular flexibility index (Phi) is 8.01. The highest BCUT2D eigenvalue weighted by Crippen LogP contribution is 2.15. The average Bonchev–Trinajstić information content (AvgIpc) is 3.20. The molecule has 0 unspecified atom stereocenters. The van der Waals surface area contributed by atoms with Crippen LogP contribution in [0.3, 0.4) is 0 Å². The van der Waals surface area contributed by atoms with Gasteiger partial charge in [0, 0.05) is 5.69 Å². The molecule has 150 valence electrons. The minimum atomic E-state index is -0.840. The van der Waals surface area contributed by atoms with E-state index in [1.165, 1.54) is 11.3 Å². The standard InChI is InChI=1S/C20H24N2O5S/c1-4-26-15-9-7-14(8-10-15)21-17(23)12-27-20(25)18(13(2)3)22-19(24)16-6-5-11-28-16/h5-11,13,18H,4,12H2,1-3H3,(H,21,23)(H,22,24)/t18-/m1/s1. The zero-order chi connectivity index (χ0) is 20.5. The average molecular weight is 404 g/mol. The van der Waals surface area contributed by atoms with Gasteiger partial charge >= 0.3 is 5.97 Å². The summed E-state index contributed by atoms with van der Waals surface area (Å²) in [6.07, 6.45) is 0. The van der Waals surface area contributed by atoms with E-state index in [1.54, 1.807) is 55.6 Å². The first-order chi connectivity index (χ1) is 13.4. The van der Waals surface area contributed by atoms with Crippen LogP contribution in [0.5, 0.6) is 5.75 Å². The van der Waals surface area contributed by atoms with Crippen LogP contribution in [-0.4, -0.2) is 37.0 Å². The molecule has 2 rings (SSSR count). The maximum Gasteiger partial charge on any atom is 0.329 e. The molecular weight excluding hydrogens is 380 g/mol. The van der Waals surface area contributed by atoms with E-state index in [-0.39, 0.29) is 11.8 Å². The Morgan fingerprint density at radius 1 is 1.11 bits per heavy atom. The number of benzene rings is 1. The van der Waals surface area contributed by atoms with Gasteiger partial charge in [0.05, 0.1) is 11.5 Å². The van der Waals surface area contributed by atoms with Crippen molar-refractivity contribution in [2.24, 2.45) is 5.92 Å². The number of anilines is 1. The van der Waals surface area contributed by atoms with Gasteiger partial charge in [0.15, 0.2) is 6.61 Å². The number of ether oxygens (including phenoxy) is 2. The molecule has 0 spiro atoms. The van der Waals surface area contributed by atoms with Gasteiger partial charge < -0.3 is 20.1 Å². The van der Waals surface area contributed by atoms with Crippen molar-refractivity contribution in [1.29, 1.82) is 0 Å². The number of rotatable bonds is 9. The van der Waals surface area contributed by atoms with Gasteiger partial charge in [-0.1, -0.05) is 19.9 Å². The van der Waals surface area contributed by atoms with E-state index < -0.39 is 24.5 Å². The molecule has 1 aromatic heterocycles. The lowest BCUT2D eigenvalue weighted by molar-refractivity contribution is -0.150. The summed E-state index contributed by atoms with van der Waals surface area (Å²) in [6.45, 7) is 5.59. The lowest BCUT2D eigenvalue weighted by atomic mass is 10.0. The third kappa shape index (κ3) is 6.38. The van der Waals surface area contributed by atoms with E-state index in [9.17, 15) is 14.4 Å². The molecule has 28 heavy (non-hydrogen) atoms. The molecule has 2 amide bonds. The molecule has 0 saturated heterocycles. The summed E-state index contributed by atoms with van der Waals surface area (Å²) in [5, 5.41) is 7.08. The first-order valence-electron chi connectivity index (χ1n) is 8.94. The Hall–Kier alpha value is -2.87. The van der Waals surface area contributed by atoms with Gasteiger partial charge in [0.2, 0.25) is 0 Å². The summed E-state index contributed by atoms with van der Waals surface area (Å²) in [7, 11) is 0. The SMILES string of the molecule is CCOc1ccc(NC(=O)COC(=O)[C@H](NC(=O)c2cccs2)C(C)C)cc1. The van der Waals surface area contributed by atoms with Crippen LogP contribution >= 0.6 is 11.3 Å². The number of carbonyl (C=O) groups is 3. The summed E-state index contributed by atoms with van der Waals surface area (Å²) in [5.74, 6) is -0.949. The minimum absolute atomic E-state index is 0.189. The second-order valence-electron chi connectivity index (χ2n) is 6.29. The van der Waals surface area contributed by atoms with Gasteiger partial charge in [0.1, 0.15) is 11.8 Å². The Balaban J connectivity index is 1.85. The molecule has 0 saturated carbocycles. The van der Waals surface area contributed by atoms with Gasteiger partial charge in [-0.15, -0.1) is 11.3 Å². The summed E-state index contributed by atoms with van der Waals surface area (Å²) >= 11 is 1.28. The van der Waals surface area contributed by atoms with Crippen LogP contribution in [0.25, 0.3) is 0 Å². The van der Waals surface area contributed by atoms with E-state index >= 15 is 0 Å². The molecule has 8 heteroatoms. The second-order valence-corrected chi connectivity index (χ2v) is 7.23. The predicted octanol–water partition coefficient (Wildman–Crippen LogP) is 3.08. The van der Waals surface area contributed by atoms with Crippen LogP contribution in [0.1, 0.15) is 30.4 Å². The molecule has 1 heterocycles. The normalized spacial score (nSPS) is 11.6. The van der Waals surface area contributed by atoms with Crippen molar-refractivity contribution in [3.8, 4) is 5.75 Å². The van der Waals surface area contributed by atoms with Crippen molar-refractivity contribution in [1.82, 2.24) is 5.32 Å². The van der Waals surface area contributed by atoms with E-state index in [0.29, 0.717) is 22.9 Å². The van der Waals surface area contributed by atoms with Gasteiger partial charge in [-0.25, -0.2) is 4.79 Å². The molecule has 2 aromatic rings. The van der Waals surface area contributed by atoms with Crippen LogP contribution in [-0.2, 0) is 14.3 Å². The maximum atomic E-state index is 12.3. The van der Waals surface area contributed by atoms with Gasteiger partial charge in [0.25, 0.3) is 11.8 Å². The Bertz CT molecular complexity index is 787. The zero-order valence-electron chi connectivity index (χ0n) is 16.1. The molecule has 1 aromatic carbocycles. The first kappa shape index (κ1) is 21.4. The van der Waals surface area contributed by atoms with Crippen LogP contribution in [0.4, 0.5) is 5.69 Å². The predicted molar refractivity (Wildman–Crippen MR) is 108 cm³/mol. The highest BCUT2D eigenvalue weighted by molar-refractivity contribution is 7.12. The summed E-state index contributed by atoms with van der Waals surface area (Å²) in [6, 6.07) is 9.46. The fourth-order valence-corrected chi connectivity index (χ4v) is 2.97. The molecule has 0 aliphatic heterocycles. The molecule has 1 atom stereocenters. The van der Waals surface area contributed by atoms with Crippen molar-refractivity contribution >= 4 is 34.8 Å². The van der Waals surface area contributed by atoms with Crippen molar-refractivity contribution < 1.29 is 23.9 Å². The lowest BCUT2D eigenvalue weighted by Gasteiger charge is -2.20. The third-order valence-corrected chi connectivity index (χ3v) is 4.62. The smallest absolute Gasteiger partial charge is 0.329 e. The van der Waals surface area contributed by atoms with Gasteiger partial charge in [-0.05, 0) is 48.6 Å². The molecule has 0 aliphatic rings. The molecular formula is C20H24N2O5S. The van der Waals surface area contributed by atoms with E-state index in [4.69, 9.17) is 9.47 Å². The Morgan fingerprint density at radius 3 is 2.39 bits per heavy atom. The topological polar surface area (TPSA) is 93.7 Å². The van der Waals surface area contributed by atoms with Crippen LogP contribution in [0.15, 0.2) is 41.8 Å². The van der Waals surface area contributed by atoms with Gasteiger partial charge in [-0.3, -0.25) is 9.59 Å². The number of nitrogens with one attached hydrogen (secondary N) is 2. The zero-order valence-corrected chi connectivity index (χ0v) is 16.9. The minimum Gasteiger partial charge on any atom is -0.494 e. The highest BCUT2D eigenvalue weighted by Gasteiger charge is 2.27. The molecule has 2 N–H and O–H groups in total. The first-order valence-corrected chi connectivity index (χ1v) is 9.82.